The van der Waals surface area contributed by atoms with Gasteiger partial charge in [0.2, 0.25) is 0 Å². The third-order valence-electron chi connectivity index (χ3n) is 4.20. The highest BCUT2D eigenvalue weighted by atomic mass is 16.3. The third kappa shape index (κ3) is 3.15. The average Bonchev–Trinajstić information content (AvgIpc) is 2.87. The highest BCUT2D eigenvalue weighted by Gasteiger charge is 2.43. The zero-order valence-electron chi connectivity index (χ0n) is 14.1. The van der Waals surface area contributed by atoms with Gasteiger partial charge in [-0.05, 0) is 29.3 Å². The van der Waals surface area contributed by atoms with E-state index in [9.17, 15) is 14.7 Å². The number of aliphatic hydroxyl groups is 1. The fourth-order valence-corrected chi connectivity index (χ4v) is 2.95. The van der Waals surface area contributed by atoms with Crippen molar-refractivity contribution in [3.63, 3.8) is 0 Å². The Hall–Kier alpha value is -3.02. The van der Waals surface area contributed by atoms with Crippen molar-refractivity contribution < 1.29 is 14.7 Å². The largest absolute Gasteiger partial charge is 0.503 e. The molecule has 0 radical (unpaired) electrons. The van der Waals surface area contributed by atoms with Gasteiger partial charge >= 0.3 is 0 Å². The molecular formula is C19H19N3O3. The molecule has 0 aliphatic carbocycles. The zero-order valence-corrected chi connectivity index (χ0v) is 14.1. The van der Waals surface area contributed by atoms with Crippen LogP contribution < -0.4 is 0 Å². The summed E-state index contributed by atoms with van der Waals surface area (Å²) in [5.74, 6) is -1.58. The normalized spacial score (nSPS) is 17.5. The first-order chi connectivity index (χ1) is 12.0. The monoisotopic (exact) mass is 337 g/mol. The summed E-state index contributed by atoms with van der Waals surface area (Å²) in [5.41, 5.74) is 1.70. The molecule has 6 heteroatoms. The summed E-state index contributed by atoms with van der Waals surface area (Å²) in [4.78, 5) is 34.9. The first-order valence-corrected chi connectivity index (χ1v) is 8.07. The number of carbonyl (C=O) groups excluding carboxylic acids is 2. The second kappa shape index (κ2) is 6.84. The Labute approximate surface area is 145 Å². The summed E-state index contributed by atoms with van der Waals surface area (Å²) in [5, 5.41) is 10.4. The quantitative estimate of drug-likeness (QED) is 0.907. The van der Waals surface area contributed by atoms with Crippen molar-refractivity contribution >= 4 is 11.7 Å². The Morgan fingerprint density at radius 3 is 2.52 bits per heavy atom. The molecule has 0 fully saturated rings. The Morgan fingerprint density at radius 1 is 1.20 bits per heavy atom. The Morgan fingerprint density at radius 2 is 1.92 bits per heavy atom. The second-order valence-corrected chi connectivity index (χ2v) is 6.26. The van der Waals surface area contributed by atoms with Gasteiger partial charge in [-0.15, -0.1) is 0 Å². The molecule has 1 unspecified atom stereocenters. The molecule has 0 saturated carbocycles. The van der Waals surface area contributed by atoms with Gasteiger partial charge in [-0.2, -0.15) is 0 Å². The molecule has 0 saturated heterocycles. The molecule has 25 heavy (non-hydrogen) atoms. The molecule has 1 amide bonds. The van der Waals surface area contributed by atoms with Gasteiger partial charge in [0.1, 0.15) is 0 Å². The van der Waals surface area contributed by atoms with Gasteiger partial charge in [-0.3, -0.25) is 19.6 Å². The van der Waals surface area contributed by atoms with Crippen LogP contribution in [0.15, 0.2) is 60.4 Å². The highest BCUT2D eigenvalue weighted by Crippen LogP contribution is 2.39. The van der Waals surface area contributed by atoms with E-state index in [4.69, 9.17) is 0 Å². The third-order valence-corrected chi connectivity index (χ3v) is 4.20. The maximum Gasteiger partial charge on any atom is 0.290 e. The maximum atomic E-state index is 12.7. The predicted molar refractivity (Wildman–Crippen MR) is 91.3 cm³/mol. The van der Waals surface area contributed by atoms with Crippen LogP contribution in [0.4, 0.5) is 0 Å². The fraction of sp³-hybridized carbons (Fsp3) is 0.263. The summed E-state index contributed by atoms with van der Waals surface area (Å²) in [7, 11) is 0. The van der Waals surface area contributed by atoms with Crippen LogP contribution in [0.5, 0.6) is 0 Å². The topological polar surface area (TPSA) is 83.4 Å². The summed E-state index contributed by atoms with van der Waals surface area (Å²) in [6.07, 6.45) is 6.52. The molecule has 1 N–H and O–H groups in total. The van der Waals surface area contributed by atoms with Crippen LogP contribution in [-0.2, 0) is 16.1 Å². The predicted octanol–water partition coefficient (Wildman–Crippen LogP) is 2.60. The van der Waals surface area contributed by atoms with E-state index >= 15 is 0 Å². The lowest BCUT2D eigenvalue weighted by Gasteiger charge is -2.27. The molecule has 0 bridgehead atoms. The molecule has 0 spiro atoms. The van der Waals surface area contributed by atoms with Crippen molar-refractivity contribution in [3.05, 3.63) is 71.5 Å². The Balaban J connectivity index is 2.06. The van der Waals surface area contributed by atoms with Gasteiger partial charge in [0.25, 0.3) is 5.91 Å². The zero-order chi connectivity index (χ0) is 18.0. The summed E-state index contributed by atoms with van der Waals surface area (Å²) in [6, 6.07) is 6.50. The minimum atomic E-state index is -0.649. The summed E-state index contributed by atoms with van der Waals surface area (Å²) in [6.45, 7) is 3.76. The summed E-state index contributed by atoms with van der Waals surface area (Å²) < 4.78 is 0. The maximum absolute atomic E-state index is 12.7. The van der Waals surface area contributed by atoms with E-state index in [2.05, 4.69) is 9.97 Å². The van der Waals surface area contributed by atoms with E-state index in [0.717, 1.165) is 5.56 Å². The second-order valence-electron chi connectivity index (χ2n) is 6.26. The molecule has 2 aromatic rings. The molecule has 1 aliphatic rings. The van der Waals surface area contributed by atoms with Gasteiger partial charge in [0.05, 0.1) is 11.6 Å². The number of pyridine rings is 2. The van der Waals surface area contributed by atoms with Crippen LogP contribution >= 0.6 is 0 Å². The van der Waals surface area contributed by atoms with Crippen LogP contribution in [0.3, 0.4) is 0 Å². The minimum Gasteiger partial charge on any atom is -0.503 e. The number of hydrogen-bond acceptors (Lipinski definition) is 5. The van der Waals surface area contributed by atoms with Crippen LogP contribution in [0.25, 0.3) is 0 Å². The van der Waals surface area contributed by atoms with Gasteiger partial charge in [-0.1, -0.05) is 19.9 Å². The fourth-order valence-electron chi connectivity index (χ4n) is 2.95. The van der Waals surface area contributed by atoms with Gasteiger partial charge in [0.15, 0.2) is 11.5 Å². The first-order valence-electron chi connectivity index (χ1n) is 8.07. The van der Waals surface area contributed by atoms with E-state index in [0.29, 0.717) is 5.56 Å². The molecule has 1 aliphatic heterocycles. The summed E-state index contributed by atoms with van der Waals surface area (Å²) >= 11 is 0. The highest BCUT2D eigenvalue weighted by molar-refractivity contribution is 6.09. The number of amides is 1. The van der Waals surface area contributed by atoms with Crippen LogP contribution in [0, 0.1) is 5.92 Å². The number of hydrogen-bond donors (Lipinski definition) is 1. The molecular weight excluding hydrogens is 318 g/mol. The van der Waals surface area contributed by atoms with Crippen molar-refractivity contribution in [3.8, 4) is 0 Å². The molecule has 6 nitrogen and oxygen atoms in total. The number of ketones is 1. The van der Waals surface area contributed by atoms with Crippen molar-refractivity contribution in [1.82, 2.24) is 14.9 Å². The number of Topliss-reactive ketones (excluding diaryl/α,β-unsaturated/α-hetero) is 1. The number of carbonyl (C=O) groups is 2. The van der Waals surface area contributed by atoms with E-state index in [1.807, 2.05) is 0 Å². The lowest BCUT2D eigenvalue weighted by Crippen LogP contribution is -2.31. The van der Waals surface area contributed by atoms with Crippen molar-refractivity contribution in [2.24, 2.45) is 5.92 Å². The van der Waals surface area contributed by atoms with Crippen molar-refractivity contribution in [1.29, 1.82) is 0 Å². The number of rotatable bonds is 5. The minimum absolute atomic E-state index is 0.141. The lowest BCUT2D eigenvalue weighted by molar-refractivity contribution is -0.130. The number of nitrogens with zero attached hydrogens (tertiary/aromatic N) is 3. The molecule has 128 valence electrons. The SMILES string of the molecule is CC(C)C(=O)C1=C(O)C(=O)N(Cc2ccncc2)C1c1cccnc1. The Bertz CT molecular complexity index is 816. The van der Waals surface area contributed by atoms with E-state index in [-0.39, 0.29) is 23.8 Å². The van der Waals surface area contributed by atoms with Crippen LogP contribution in [0.1, 0.15) is 31.0 Å². The number of aromatic nitrogens is 2. The number of aliphatic hydroxyl groups excluding tert-OH is 1. The van der Waals surface area contributed by atoms with Gasteiger partial charge in [0, 0.05) is 37.3 Å². The first kappa shape index (κ1) is 16.8. The van der Waals surface area contributed by atoms with E-state index in [1.165, 1.54) is 4.90 Å². The molecule has 0 aromatic carbocycles. The average molecular weight is 337 g/mol. The van der Waals surface area contributed by atoms with Crippen LogP contribution in [-0.4, -0.2) is 31.7 Å². The van der Waals surface area contributed by atoms with Gasteiger partial charge < -0.3 is 10.0 Å². The smallest absolute Gasteiger partial charge is 0.290 e. The van der Waals surface area contributed by atoms with Gasteiger partial charge in [-0.25, -0.2) is 0 Å². The Kier molecular flexibility index (Phi) is 4.61. The van der Waals surface area contributed by atoms with Crippen molar-refractivity contribution in [2.75, 3.05) is 0 Å². The molecule has 1 atom stereocenters. The molecule has 3 heterocycles. The molecule has 2 aromatic heterocycles. The van der Waals surface area contributed by atoms with Crippen LogP contribution in [0.2, 0.25) is 0 Å². The van der Waals surface area contributed by atoms with E-state index in [1.54, 1.807) is 62.9 Å². The van der Waals surface area contributed by atoms with E-state index < -0.39 is 17.7 Å². The lowest BCUT2D eigenvalue weighted by atomic mass is 9.92. The standard InChI is InChI=1S/C19H19N3O3/c1-12(2)17(23)15-16(14-4-3-7-21-10-14)22(19(25)18(15)24)11-13-5-8-20-9-6-13/h3-10,12,16,24H,11H2,1-2H3. The van der Waals surface area contributed by atoms with Crippen molar-refractivity contribution in [2.45, 2.75) is 26.4 Å². The molecule has 3 rings (SSSR count).